The first-order chi connectivity index (χ1) is 10.4. The molecular weight excluding hydrogens is 298 g/mol. The van der Waals surface area contributed by atoms with Crippen LogP contribution in [0.2, 0.25) is 5.02 Å². The van der Waals surface area contributed by atoms with E-state index in [9.17, 15) is 9.90 Å². The summed E-state index contributed by atoms with van der Waals surface area (Å²) in [4.78, 5) is 13.6. The number of hydrogen-bond donors (Lipinski definition) is 1. The molecule has 22 heavy (non-hydrogen) atoms. The number of hydrogen-bond acceptors (Lipinski definition) is 2. The lowest BCUT2D eigenvalue weighted by molar-refractivity contribution is -0.138. The number of benzene rings is 2. The van der Waals surface area contributed by atoms with Crippen molar-refractivity contribution < 1.29 is 9.90 Å². The van der Waals surface area contributed by atoms with Crippen LogP contribution in [0.5, 0.6) is 0 Å². The molecule has 0 bridgehead atoms. The summed E-state index contributed by atoms with van der Waals surface area (Å²) in [5.74, 6) is -1.43. The van der Waals surface area contributed by atoms with Gasteiger partial charge in [-0.05, 0) is 48.2 Å². The maximum atomic E-state index is 11.6. The highest BCUT2D eigenvalue weighted by Gasteiger charge is 2.21. The maximum Gasteiger partial charge on any atom is 0.311 e. The van der Waals surface area contributed by atoms with Gasteiger partial charge in [-0.25, -0.2) is 0 Å². The number of carbonyl (C=O) groups is 1. The highest BCUT2D eigenvalue weighted by molar-refractivity contribution is 6.31. The van der Waals surface area contributed by atoms with Crippen LogP contribution in [-0.2, 0) is 11.2 Å². The minimum atomic E-state index is -0.836. The summed E-state index contributed by atoms with van der Waals surface area (Å²) in [6.07, 6.45) is 0.447. The van der Waals surface area contributed by atoms with Crippen LogP contribution in [0.3, 0.4) is 0 Å². The first kappa shape index (κ1) is 16.4. The predicted molar refractivity (Wildman–Crippen MR) is 91.0 cm³/mol. The van der Waals surface area contributed by atoms with Crippen molar-refractivity contribution in [2.75, 3.05) is 19.0 Å². The average Bonchev–Trinajstić information content (AvgIpc) is 2.48. The van der Waals surface area contributed by atoms with Gasteiger partial charge in [0.25, 0.3) is 0 Å². The molecule has 0 spiro atoms. The van der Waals surface area contributed by atoms with Crippen molar-refractivity contribution in [2.24, 2.45) is 0 Å². The zero-order chi connectivity index (χ0) is 16.3. The molecule has 2 aromatic rings. The van der Waals surface area contributed by atoms with E-state index in [0.29, 0.717) is 11.4 Å². The SMILES string of the molecule is Cc1ccc(C(Cc2ccc(N(C)C)cc2)C(=O)O)cc1Cl. The summed E-state index contributed by atoms with van der Waals surface area (Å²) in [5, 5.41) is 10.1. The van der Waals surface area contributed by atoms with Crippen molar-refractivity contribution in [1.82, 2.24) is 0 Å². The Morgan fingerprint density at radius 2 is 1.82 bits per heavy atom. The molecule has 1 N–H and O–H groups in total. The van der Waals surface area contributed by atoms with Crippen molar-refractivity contribution >= 4 is 23.3 Å². The quantitative estimate of drug-likeness (QED) is 0.901. The molecule has 0 heterocycles. The number of aliphatic carboxylic acids is 1. The molecule has 1 atom stereocenters. The average molecular weight is 318 g/mol. The smallest absolute Gasteiger partial charge is 0.311 e. The van der Waals surface area contributed by atoms with Gasteiger partial charge in [-0.1, -0.05) is 35.9 Å². The zero-order valence-corrected chi connectivity index (χ0v) is 13.8. The second-order valence-electron chi connectivity index (χ2n) is 5.66. The standard InChI is InChI=1S/C18H20ClNO2/c1-12-4-7-14(11-17(12)19)16(18(21)22)10-13-5-8-15(9-6-13)20(2)3/h4-9,11,16H,10H2,1-3H3,(H,21,22). The normalized spacial score (nSPS) is 12.0. The monoisotopic (exact) mass is 317 g/mol. The molecule has 0 aliphatic carbocycles. The van der Waals surface area contributed by atoms with E-state index in [-0.39, 0.29) is 0 Å². The van der Waals surface area contributed by atoms with Crippen molar-refractivity contribution in [3.63, 3.8) is 0 Å². The Kier molecular flexibility index (Phi) is 5.09. The first-order valence-corrected chi connectivity index (χ1v) is 7.51. The molecule has 0 aliphatic rings. The van der Waals surface area contributed by atoms with E-state index in [1.165, 1.54) is 0 Å². The van der Waals surface area contributed by atoms with Crippen LogP contribution < -0.4 is 4.90 Å². The lowest BCUT2D eigenvalue weighted by Gasteiger charge is -2.16. The molecular formula is C18H20ClNO2. The minimum Gasteiger partial charge on any atom is -0.481 e. The van der Waals surface area contributed by atoms with Crippen LogP contribution in [0, 0.1) is 6.92 Å². The summed E-state index contributed by atoms with van der Waals surface area (Å²) in [6.45, 7) is 1.90. The van der Waals surface area contributed by atoms with E-state index in [1.807, 2.05) is 62.3 Å². The minimum absolute atomic E-state index is 0.447. The van der Waals surface area contributed by atoms with Gasteiger partial charge in [0.2, 0.25) is 0 Å². The Hall–Kier alpha value is -2.00. The number of aryl methyl sites for hydroxylation is 1. The van der Waals surface area contributed by atoms with Crippen LogP contribution in [0.25, 0.3) is 0 Å². The number of carboxylic acids is 1. The second-order valence-corrected chi connectivity index (χ2v) is 6.07. The molecule has 0 saturated carbocycles. The van der Waals surface area contributed by atoms with Crippen molar-refractivity contribution in [3.05, 3.63) is 64.2 Å². The van der Waals surface area contributed by atoms with Gasteiger partial charge in [0.1, 0.15) is 0 Å². The third kappa shape index (κ3) is 3.80. The van der Waals surface area contributed by atoms with E-state index in [2.05, 4.69) is 0 Å². The molecule has 0 aliphatic heterocycles. The highest BCUT2D eigenvalue weighted by atomic mass is 35.5. The Labute approximate surface area is 136 Å². The predicted octanol–water partition coefficient (Wildman–Crippen LogP) is 4.13. The van der Waals surface area contributed by atoms with Gasteiger partial charge < -0.3 is 10.0 Å². The molecule has 4 heteroatoms. The van der Waals surface area contributed by atoms with E-state index in [4.69, 9.17) is 11.6 Å². The lowest BCUT2D eigenvalue weighted by Crippen LogP contribution is -2.15. The van der Waals surface area contributed by atoms with Gasteiger partial charge >= 0.3 is 5.97 Å². The van der Waals surface area contributed by atoms with Crippen molar-refractivity contribution in [2.45, 2.75) is 19.3 Å². The van der Waals surface area contributed by atoms with Gasteiger partial charge in [-0.3, -0.25) is 4.79 Å². The van der Waals surface area contributed by atoms with E-state index in [1.54, 1.807) is 6.07 Å². The van der Waals surface area contributed by atoms with E-state index in [0.717, 1.165) is 22.4 Å². The molecule has 0 saturated heterocycles. The number of rotatable bonds is 5. The topological polar surface area (TPSA) is 40.5 Å². The highest BCUT2D eigenvalue weighted by Crippen LogP contribution is 2.26. The third-order valence-electron chi connectivity index (χ3n) is 3.79. The summed E-state index contributed by atoms with van der Waals surface area (Å²) >= 11 is 6.12. The lowest BCUT2D eigenvalue weighted by atomic mass is 9.91. The fourth-order valence-corrected chi connectivity index (χ4v) is 2.53. The number of halogens is 1. The largest absolute Gasteiger partial charge is 0.481 e. The molecule has 2 rings (SSSR count). The summed E-state index contributed by atoms with van der Waals surface area (Å²) < 4.78 is 0. The van der Waals surface area contributed by atoms with E-state index >= 15 is 0 Å². The van der Waals surface area contributed by atoms with Crippen molar-refractivity contribution in [3.8, 4) is 0 Å². The second kappa shape index (κ2) is 6.84. The van der Waals surface area contributed by atoms with Crippen LogP contribution in [-0.4, -0.2) is 25.2 Å². The fourth-order valence-electron chi connectivity index (χ4n) is 2.34. The van der Waals surface area contributed by atoms with Gasteiger partial charge in [0.05, 0.1) is 5.92 Å². The molecule has 2 aromatic carbocycles. The van der Waals surface area contributed by atoms with Gasteiger partial charge in [-0.15, -0.1) is 0 Å². The number of carboxylic acid groups (broad SMARTS) is 1. The zero-order valence-electron chi connectivity index (χ0n) is 13.0. The Bertz CT molecular complexity index is 665. The Morgan fingerprint density at radius 3 is 2.32 bits per heavy atom. The Balaban J connectivity index is 2.25. The molecule has 0 aromatic heterocycles. The summed E-state index contributed by atoms with van der Waals surface area (Å²) in [6, 6.07) is 13.4. The summed E-state index contributed by atoms with van der Waals surface area (Å²) in [5.41, 5.74) is 3.77. The first-order valence-electron chi connectivity index (χ1n) is 7.13. The number of anilines is 1. The fraction of sp³-hybridized carbons (Fsp3) is 0.278. The molecule has 0 amide bonds. The molecule has 3 nitrogen and oxygen atoms in total. The summed E-state index contributed by atoms with van der Waals surface area (Å²) in [7, 11) is 3.95. The molecule has 116 valence electrons. The van der Waals surface area contributed by atoms with Gasteiger partial charge in [-0.2, -0.15) is 0 Å². The third-order valence-corrected chi connectivity index (χ3v) is 4.20. The molecule has 1 unspecified atom stereocenters. The van der Waals surface area contributed by atoms with Crippen molar-refractivity contribution in [1.29, 1.82) is 0 Å². The van der Waals surface area contributed by atoms with Gasteiger partial charge in [0, 0.05) is 24.8 Å². The molecule has 0 radical (unpaired) electrons. The van der Waals surface area contributed by atoms with Crippen LogP contribution >= 0.6 is 11.6 Å². The van der Waals surface area contributed by atoms with E-state index < -0.39 is 11.9 Å². The van der Waals surface area contributed by atoms with Crippen LogP contribution in [0.4, 0.5) is 5.69 Å². The maximum absolute atomic E-state index is 11.6. The van der Waals surface area contributed by atoms with Crippen LogP contribution in [0.15, 0.2) is 42.5 Å². The molecule has 0 fully saturated rings. The van der Waals surface area contributed by atoms with Crippen LogP contribution in [0.1, 0.15) is 22.6 Å². The Morgan fingerprint density at radius 1 is 1.18 bits per heavy atom. The number of nitrogens with zero attached hydrogens (tertiary/aromatic N) is 1. The van der Waals surface area contributed by atoms with Gasteiger partial charge in [0.15, 0.2) is 0 Å².